The highest BCUT2D eigenvalue weighted by Gasteiger charge is 2.46. The van der Waals surface area contributed by atoms with E-state index in [1.165, 1.54) is 5.56 Å². The molecule has 26 heavy (non-hydrogen) atoms. The number of aliphatic hydroxyl groups is 1. The fourth-order valence-corrected chi connectivity index (χ4v) is 4.40. The van der Waals surface area contributed by atoms with Gasteiger partial charge in [0.2, 0.25) is 0 Å². The minimum Gasteiger partial charge on any atom is -0.385 e. The summed E-state index contributed by atoms with van der Waals surface area (Å²) in [5.41, 5.74) is 2.74. The fourth-order valence-electron chi connectivity index (χ4n) is 4.40. The lowest BCUT2D eigenvalue weighted by Gasteiger charge is -2.52. The molecule has 0 radical (unpaired) electrons. The van der Waals surface area contributed by atoms with Crippen LogP contribution in [0.2, 0.25) is 0 Å². The third kappa shape index (κ3) is 3.37. The van der Waals surface area contributed by atoms with Crippen LogP contribution in [0, 0.1) is 0 Å². The molecule has 0 aliphatic carbocycles. The minimum atomic E-state index is -0.767. The average Bonchev–Trinajstić information content (AvgIpc) is 2.64. The average molecular weight is 352 g/mol. The molecule has 2 aliphatic heterocycles. The zero-order chi connectivity index (χ0) is 18.1. The van der Waals surface area contributed by atoms with E-state index in [4.69, 9.17) is 4.74 Å². The fraction of sp³-hybridized carbons (Fsp3) is 0.455. The Morgan fingerprint density at radius 3 is 2.19 bits per heavy atom. The molecule has 1 N–H and O–H groups in total. The number of fused-ring (bicyclic) bond motifs is 2. The van der Waals surface area contributed by atoms with Crippen molar-refractivity contribution in [3.05, 3.63) is 65.7 Å². The van der Waals surface area contributed by atoms with Gasteiger partial charge in [0.25, 0.3) is 0 Å². The molecule has 2 atom stereocenters. The number of rotatable bonds is 4. The molecule has 138 valence electrons. The molecule has 2 aliphatic rings. The van der Waals surface area contributed by atoms with Crippen LogP contribution < -0.4 is 4.90 Å². The lowest BCUT2D eigenvalue weighted by atomic mass is 9.76. The number of hydrogen-bond acceptors (Lipinski definition) is 4. The van der Waals surface area contributed by atoms with E-state index in [2.05, 4.69) is 64.4 Å². The molecule has 4 heteroatoms. The van der Waals surface area contributed by atoms with E-state index in [1.54, 1.807) is 0 Å². The van der Waals surface area contributed by atoms with Crippen molar-refractivity contribution in [1.29, 1.82) is 0 Å². The Labute approximate surface area is 156 Å². The Morgan fingerprint density at radius 1 is 1.00 bits per heavy atom. The first-order chi connectivity index (χ1) is 12.5. The van der Waals surface area contributed by atoms with Crippen LogP contribution in [0.5, 0.6) is 0 Å². The number of ether oxygens (including phenoxy) is 1. The SMILES string of the molecule is CN(C)c1ccc(C2(O)CC3COCC(C2)N3Cc2ccccc2)cc1. The highest BCUT2D eigenvalue weighted by atomic mass is 16.5. The van der Waals surface area contributed by atoms with Crippen LogP contribution in [0.15, 0.2) is 54.6 Å². The van der Waals surface area contributed by atoms with Crippen LogP contribution in [0.25, 0.3) is 0 Å². The van der Waals surface area contributed by atoms with Crippen LogP contribution in [0.3, 0.4) is 0 Å². The van der Waals surface area contributed by atoms with E-state index in [0.29, 0.717) is 13.2 Å². The van der Waals surface area contributed by atoms with Crippen LogP contribution in [-0.2, 0) is 16.9 Å². The van der Waals surface area contributed by atoms with E-state index in [0.717, 1.165) is 30.6 Å². The molecule has 0 amide bonds. The number of anilines is 1. The molecule has 4 rings (SSSR count). The summed E-state index contributed by atoms with van der Waals surface area (Å²) >= 11 is 0. The molecule has 2 bridgehead atoms. The normalized spacial score (nSPS) is 28.7. The van der Waals surface area contributed by atoms with Crippen LogP contribution in [-0.4, -0.2) is 49.4 Å². The lowest BCUT2D eigenvalue weighted by molar-refractivity contribution is -0.149. The summed E-state index contributed by atoms with van der Waals surface area (Å²) in [6.45, 7) is 2.32. The van der Waals surface area contributed by atoms with Crippen LogP contribution >= 0.6 is 0 Å². The smallest absolute Gasteiger partial charge is 0.0928 e. The summed E-state index contributed by atoms with van der Waals surface area (Å²) in [6.07, 6.45) is 1.44. The van der Waals surface area contributed by atoms with Crippen molar-refractivity contribution < 1.29 is 9.84 Å². The van der Waals surface area contributed by atoms with Crippen molar-refractivity contribution in [3.63, 3.8) is 0 Å². The van der Waals surface area contributed by atoms with Gasteiger partial charge in [-0.05, 0) is 36.1 Å². The Hall–Kier alpha value is -1.88. The molecule has 2 aromatic carbocycles. The van der Waals surface area contributed by atoms with Crippen molar-refractivity contribution in [1.82, 2.24) is 4.90 Å². The van der Waals surface area contributed by atoms with Crippen molar-refractivity contribution in [2.24, 2.45) is 0 Å². The zero-order valence-electron chi connectivity index (χ0n) is 15.6. The van der Waals surface area contributed by atoms with Gasteiger partial charge in [-0.25, -0.2) is 0 Å². The second kappa shape index (κ2) is 7.03. The summed E-state index contributed by atoms with van der Waals surface area (Å²) < 4.78 is 5.82. The summed E-state index contributed by atoms with van der Waals surface area (Å²) in [4.78, 5) is 4.61. The maximum absolute atomic E-state index is 11.5. The van der Waals surface area contributed by atoms with Gasteiger partial charge in [0.1, 0.15) is 0 Å². The van der Waals surface area contributed by atoms with Gasteiger partial charge in [-0.3, -0.25) is 4.90 Å². The first-order valence-corrected chi connectivity index (χ1v) is 9.43. The van der Waals surface area contributed by atoms with E-state index in [-0.39, 0.29) is 12.1 Å². The van der Waals surface area contributed by atoms with Crippen LogP contribution in [0.1, 0.15) is 24.0 Å². The molecule has 2 fully saturated rings. The molecule has 0 saturated carbocycles. The summed E-state index contributed by atoms with van der Waals surface area (Å²) in [6, 6.07) is 19.4. The largest absolute Gasteiger partial charge is 0.385 e. The minimum absolute atomic E-state index is 0.251. The highest BCUT2D eigenvalue weighted by Crippen LogP contribution is 2.41. The first kappa shape index (κ1) is 17.5. The standard InChI is InChI=1S/C22H28N2O2/c1-23(2)19-10-8-18(9-11-19)22(25)12-20-15-26-16-21(13-22)24(20)14-17-6-4-3-5-7-17/h3-11,20-21,25H,12-16H2,1-2H3. The number of hydrogen-bond donors (Lipinski definition) is 1. The first-order valence-electron chi connectivity index (χ1n) is 9.43. The van der Waals surface area contributed by atoms with Gasteiger partial charge in [0.05, 0.1) is 18.8 Å². The Morgan fingerprint density at radius 2 is 1.62 bits per heavy atom. The number of morpholine rings is 1. The Balaban J connectivity index is 1.55. The summed E-state index contributed by atoms with van der Waals surface area (Å²) in [5.74, 6) is 0. The van der Waals surface area contributed by atoms with Gasteiger partial charge >= 0.3 is 0 Å². The molecular weight excluding hydrogens is 324 g/mol. The van der Waals surface area contributed by atoms with E-state index >= 15 is 0 Å². The highest BCUT2D eigenvalue weighted by molar-refractivity contribution is 5.47. The van der Waals surface area contributed by atoms with Gasteiger partial charge in [-0.1, -0.05) is 42.5 Å². The topological polar surface area (TPSA) is 35.9 Å². The van der Waals surface area contributed by atoms with Gasteiger partial charge in [-0.15, -0.1) is 0 Å². The van der Waals surface area contributed by atoms with Crippen molar-refractivity contribution in [2.75, 3.05) is 32.2 Å². The summed E-state index contributed by atoms with van der Waals surface area (Å²) in [5, 5.41) is 11.5. The maximum Gasteiger partial charge on any atom is 0.0928 e. The van der Waals surface area contributed by atoms with E-state index in [1.807, 2.05) is 14.1 Å². The van der Waals surface area contributed by atoms with Crippen molar-refractivity contribution in [2.45, 2.75) is 37.1 Å². The van der Waals surface area contributed by atoms with E-state index < -0.39 is 5.60 Å². The zero-order valence-corrected chi connectivity index (χ0v) is 15.6. The summed E-state index contributed by atoms with van der Waals surface area (Å²) in [7, 11) is 4.07. The number of nitrogens with zero attached hydrogens (tertiary/aromatic N) is 2. The number of piperidine rings is 1. The molecule has 2 unspecified atom stereocenters. The second-order valence-electron chi connectivity index (χ2n) is 7.88. The molecular formula is C22H28N2O2. The molecule has 0 spiro atoms. The Bertz CT molecular complexity index is 716. The lowest BCUT2D eigenvalue weighted by Crippen LogP contribution is -2.60. The van der Waals surface area contributed by atoms with Gasteiger partial charge < -0.3 is 14.7 Å². The molecule has 2 aromatic rings. The molecule has 0 aromatic heterocycles. The third-order valence-electron chi connectivity index (χ3n) is 5.83. The predicted molar refractivity (Wildman–Crippen MR) is 104 cm³/mol. The quantitative estimate of drug-likeness (QED) is 0.918. The van der Waals surface area contributed by atoms with E-state index in [9.17, 15) is 5.11 Å². The Kier molecular flexibility index (Phi) is 4.74. The third-order valence-corrected chi connectivity index (χ3v) is 5.83. The second-order valence-corrected chi connectivity index (χ2v) is 7.88. The molecule has 2 saturated heterocycles. The van der Waals surface area contributed by atoms with Gasteiger partial charge in [0, 0.05) is 38.4 Å². The molecule has 4 nitrogen and oxygen atoms in total. The van der Waals surface area contributed by atoms with Gasteiger partial charge in [-0.2, -0.15) is 0 Å². The monoisotopic (exact) mass is 352 g/mol. The number of benzene rings is 2. The van der Waals surface area contributed by atoms with Crippen molar-refractivity contribution >= 4 is 5.69 Å². The predicted octanol–water partition coefficient (Wildman–Crippen LogP) is 3.00. The van der Waals surface area contributed by atoms with Crippen molar-refractivity contribution in [3.8, 4) is 0 Å². The van der Waals surface area contributed by atoms with Gasteiger partial charge in [0.15, 0.2) is 0 Å². The van der Waals surface area contributed by atoms with Crippen LogP contribution in [0.4, 0.5) is 5.69 Å². The maximum atomic E-state index is 11.5. The molecule has 2 heterocycles.